The van der Waals surface area contributed by atoms with Gasteiger partial charge < -0.3 is 4.90 Å². The van der Waals surface area contributed by atoms with Crippen LogP contribution in [0.25, 0.3) is 6.08 Å². The lowest BCUT2D eigenvalue weighted by molar-refractivity contribution is -0.141. The zero-order valence-corrected chi connectivity index (χ0v) is 13.7. The Bertz CT molecular complexity index is 604. The minimum Gasteiger partial charge on any atom is -0.327 e. The molecule has 2 heteroatoms. The number of hydrogen-bond acceptors (Lipinski definition) is 1. The van der Waals surface area contributed by atoms with E-state index in [1.54, 1.807) is 0 Å². The summed E-state index contributed by atoms with van der Waals surface area (Å²) in [6.45, 7) is 14.8. The SMILES string of the molecule is C=C(C)C1C(C)=Cc2ccccc2CN1C(=O)C(C)(C)C. The molecule has 1 aliphatic heterocycles. The first-order chi connectivity index (χ1) is 9.71. The van der Waals surface area contributed by atoms with Crippen molar-refractivity contribution in [2.75, 3.05) is 0 Å². The van der Waals surface area contributed by atoms with E-state index in [9.17, 15) is 4.79 Å². The first-order valence-corrected chi connectivity index (χ1v) is 7.44. The first-order valence-electron chi connectivity index (χ1n) is 7.44. The number of fused-ring (bicyclic) bond motifs is 1. The van der Waals surface area contributed by atoms with Crippen LogP contribution in [0, 0.1) is 5.41 Å². The lowest BCUT2D eigenvalue weighted by atomic mass is 9.91. The van der Waals surface area contributed by atoms with Crippen LogP contribution < -0.4 is 0 Å². The van der Waals surface area contributed by atoms with E-state index in [1.807, 2.05) is 44.7 Å². The molecule has 21 heavy (non-hydrogen) atoms. The summed E-state index contributed by atoms with van der Waals surface area (Å²) in [7, 11) is 0. The van der Waals surface area contributed by atoms with Crippen molar-refractivity contribution in [2.24, 2.45) is 5.41 Å². The van der Waals surface area contributed by atoms with Gasteiger partial charge in [0.2, 0.25) is 5.91 Å². The quantitative estimate of drug-likeness (QED) is 0.698. The van der Waals surface area contributed by atoms with Gasteiger partial charge in [0, 0.05) is 12.0 Å². The van der Waals surface area contributed by atoms with E-state index in [2.05, 4.69) is 31.7 Å². The molecule has 2 rings (SSSR count). The summed E-state index contributed by atoms with van der Waals surface area (Å²) in [5.74, 6) is 0.167. The highest BCUT2D eigenvalue weighted by Gasteiger charge is 2.34. The van der Waals surface area contributed by atoms with E-state index in [0.717, 1.165) is 5.57 Å². The fourth-order valence-electron chi connectivity index (χ4n) is 2.94. The monoisotopic (exact) mass is 283 g/mol. The van der Waals surface area contributed by atoms with Crippen molar-refractivity contribution in [1.29, 1.82) is 0 Å². The van der Waals surface area contributed by atoms with Crippen molar-refractivity contribution in [2.45, 2.75) is 47.2 Å². The molecule has 0 saturated carbocycles. The Labute approximate surface area is 128 Å². The molecular formula is C19H25NO. The highest BCUT2D eigenvalue weighted by atomic mass is 16.2. The van der Waals surface area contributed by atoms with Gasteiger partial charge in [-0.05, 0) is 30.5 Å². The van der Waals surface area contributed by atoms with Crippen molar-refractivity contribution >= 4 is 12.0 Å². The van der Waals surface area contributed by atoms with Gasteiger partial charge in [0.15, 0.2) is 0 Å². The van der Waals surface area contributed by atoms with Gasteiger partial charge in [-0.2, -0.15) is 0 Å². The summed E-state index contributed by atoms with van der Waals surface area (Å²) in [6, 6.07) is 8.26. The molecule has 0 fully saturated rings. The van der Waals surface area contributed by atoms with Crippen LogP contribution in [0.4, 0.5) is 0 Å². The van der Waals surface area contributed by atoms with Gasteiger partial charge in [0.05, 0.1) is 6.04 Å². The molecule has 0 aliphatic carbocycles. The Morgan fingerprint density at radius 1 is 1.29 bits per heavy atom. The van der Waals surface area contributed by atoms with Crippen LogP contribution in [0.1, 0.15) is 45.7 Å². The smallest absolute Gasteiger partial charge is 0.229 e. The summed E-state index contributed by atoms with van der Waals surface area (Å²) in [5, 5.41) is 0. The number of carbonyl (C=O) groups excluding carboxylic acids is 1. The first kappa shape index (κ1) is 15.6. The largest absolute Gasteiger partial charge is 0.327 e. The second-order valence-electron chi connectivity index (χ2n) is 7.02. The summed E-state index contributed by atoms with van der Waals surface area (Å²) in [5.41, 5.74) is 4.18. The van der Waals surface area contributed by atoms with E-state index in [4.69, 9.17) is 0 Å². The van der Waals surface area contributed by atoms with E-state index < -0.39 is 5.41 Å². The average Bonchev–Trinajstić information content (AvgIpc) is 2.51. The third kappa shape index (κ3) is 3.10. The van der Waals surface area contributed by atoms with Gasteiger partial charge >= 0.3 is 0 Å². The summed E-state index contributed by atoms with van der Waals surface area (Å²) >= 11 is 0. The molecule has 0 spiro atoms. The number of amides is 1. The topological polar surface area (TPSA) is 20.3 Å². The molecule has 2 nitrogen and oxygen atoms in total. The normalized spacial score (nSPS) is 18.6. The van der Waals surface area contributed by atoms with Gasteiger partial charge in [0.1, 0.15) is 0 Å². The molecule has 1 aromatic carbocycles. The van der Waals surface area contributed by atoms with Crippen LogP contribution in [-0.4, -0.2) is 16.8 Å². The van der Waals surface area contributed by atoms with Crippen LogP contribution in [0.3, 0.4) is 0 Å². The highest BCUT2D eigenvalue weighted by molar-refractivity contribution is 5.83. The lowest BCUT2D eigenvalue weighted by Crippen LogP contribution is -2.45. The van der Waals surface area contributed by atoms with Crippen LogP contribution in [0.15, 0.2) is 42.0 Å². The maximum atomic E-state index is 12.9. The maximum absolute atomic E-state index is 12.9. The Morgan fingerprint density at radius 3 is 2.48 bits per heavy atom. The van der Waals surface area contributed by atoms with E-state index >= 15 is 0 Å². The van der Waals surface area contributed by atoms with Gasteiger partial charge in [-0.1, -0.05) is 63.3 Å². The molecule has 0 N–H and O–H groups in total. The molecule has 1 atom stereocenters. The summed E-state index contributed by atoms with van der Waals surface area (Å²) in [4.78, 5) is 14.9. The second-order valence-corrected chi connectivity index (χ2v) is 7.02. The van der Waals surface area contributed by atoms with Crippen LogP contribution >= 0.6 is 0 Å². The van der Waals surface area contributed by atoms with Crippen molar-refractivity contribution in [3.8, 4) is 0 Å². The molecule has 0 bridgehead atoms. The minimum absolute atomic E-state index is 0.0240. The van der Waals surface area contributed by atoms with Crippen LogP contribution in [-0.2, 0) is 11.3 Å². The highest BCUT2D eigenvalue weighted by Crippen LogP contribution is 2.31. The Hall–Kier alpha value is -1.83. The zero-order chi connectivity index (χ0) is 15.8. The number of benzene rings is 1. The standard InChI is InChI=1S/C19H25NO/c1-13(2)17-14(3)11-15-9-7-8-10-16(15)12-20(17)18(21)19(4,5)6/h7-11,17H,1,12H2,2-6H3. The Kier molecular flexibility index (Phi) is 4.08. The minimum atomic E-state index is -0.396. The third-order valence-electron chi connectivity index (χ3n) is 3.89. The fraction of sp³-hybridized carbons (Fsp3) is 0.421. The van der Waals surface area contributed by atoms with Crippen molar-refractivity contribution in [3.05, 3.63) is 53.1 Å². The number of hydrogen-bond donors (Lipinski definition) is 0. The second kappa shape index (κ2) is 5.51. The van der Waals surface area contributed by atoms with Crippen molar-refractivity contribution in [3.63, 3.8) is 0 Å². The van der Waals surface area contributed by atoms with Gasteiger partial charge in [0.25, 0.3) is 0 Å². The third-order valence-corrected chi connectivity index (χ3v) is 3.89. The fourth-order valence-corrected chi connectivity index (χ4v) is 2.94. The van der Waals surface area contributed by atoms with E-state index in [1.165, 1.54) is 16.7 Å². The lowest BCUT2D eigenvalue weighted by Gasteiger charge is -2.36. The van der Waals surface area contributed by atoms with Crippen molar-refractivity contribution < 1.29 is 4.79 Å². The van der Waals surface area contributed by atoms with Crippen LogP contribution in [0.5, 0.6) is 0 Å². The molecule has 1 aliphatic rings. The molecule has 1 aromatic rings. The molecule has 0 saturated heterocycles. The molecular weight excluding hydrogens is 258 g/mol. The molecule has 0 radical (unpaired) electrons. The molecule has 1 heterocycles. The zero-order valence-electron chi connectivity index (χ0n) is 13.7. The molecule has 112 valence electrons. The maximum Gasteiger partial charge on any atom is 0.229 e. The van der Waals surface area contributed by atoms with Crippen molar-refractivity contribution in [1.82, 2.24) is 4.90 Å². The molecule has 1 unspecified atom stereocenters. The Balaban J connectivity index is 2.54. The number of rotatable bonds is 1. The number of carbonyl (C=O) groups is 1. The molecule has 1 amide bonds. The van der Waals surface area contributed by atoms with E-state index in [0.29, 0.717) is 6.54 Å². The molecule has 0 aromatic heterocycles. The predicted octanol–water partition coefficient (Wildman–Crippen LogP) is 4.42. The van der Waals surface area contributed by atoms with Gasteiger partial charge in [-0.25, -0.2) is 0 Å². The van der Waals surface area contributed by atoms with Crippen LogP contribution in [0.2, 0.25) is 0 Å². The summed E-state index contributed by atoms with van der Waals surface area (Å²) in [6.07, 6.45) is 2.19. The average molecular weight is 283 g/mol. The van der Waals surface area contributed by atoms with Gasteiger partial charge in [-0.15, -0.1) is 0 Å². The van der Waals surface area contributed by atoms with Gasteiger partial charge in [-0.3, -0.25) is 4.79 Å². The Morgan fingerprint density at radius 2 is 1.90 bits per heavy atom. The van der Waals surface area contributed by atoms with E-state index in [-0.39, 0.29) is 11.9 Å². The summed E-state index contributed by atoms with van der Waals surface area (Å²) < 4.78 is 0. The predicted molar refractivity (Wildman–Crippen MR) is 88.7 cm³/mol. The number of nitrogens with zero attached hydrogens (tertiary/aromatic N) is 1.